The minimum absolute atomic E-state index is 0.00600. The second-order valence-corrected chi connectivity index (χ2v) is 23.9. The van der Waals surface area contributed by atoms with E-state index in [1.54, 1.807) is 0 Å². The van der Waals surface area contributed by atoms with Crippen LogP contribution in [0.3, 0.4) is 0 Å². The Morgan fingerprint density at radius 2 is 1.02 bits per heavy atom. The molecule has 1 nitrogen and oxygen atoms in total. The molecule has 0 saturated heterocycles. The van der Waals surface area contributed by atoms with Gasteiger partial charge in [-0.2, -0.15) is 12.1 Å². The number of hydrogen-bond acceptors (Lipinski definition) is 1. The van der Waals surface area contributed by atoms with Crippen molar-refractivity contribution in [3.05, 3.63) is 124 Å². The Bertz CT molecular complexity index is 2140. The number of aryl methyl sites for hydroxylation is 2. The third-order valence-corrected chi connectivity index (χ3v) is 10.0. The van der Waals surface area contributed by atoms with Crippen LogP contribution in [0.15, 0.2) is 91.0 Å². The van der Waals surface area contributed by atoms with Gasteiger partial charge in [-0.15, -0.1) is 63.0 Å². The van der Waals surface area contributed by atoms with E-state index < -0.39 is 20.8 Å². The van der Waals surface area contributed by atoms with E-state index in [1.807, 2.05) is 7.11 Å². The second-order valence-electron chi connectivity index (χ2n) is 19.2. The van der Waals surface area contributed by atoms with Gasteiger partial charge in [0.15, 0.2) is 0 Å². The van der Waals surface area contributed by atoms with Gasteiger partial charge >= 0.3 is 37.9 Å². The molecule has 0 aliphatic carbocycles. The zero-order valence-corrected chi connectivity index (χ0v) is 42.3. The average molecular weight is 885 g/mol. The van der Waals surface area contributed by atoms with Crippen molar-refractivity contribution in [3.8, 4) is 28.0 Å². The molecule has 0 bridgehead atoms. The van der Waals surface area contributed by atoms with Crippen molar-refractivity contribution in [3.63, 3.8) is 0 Å². The molecule has 6 aromatic rings. The number of halogens is 2. The normalized spacial score (nSPS) is 11.8. The Morgan fingerprint density at radius 3 is 1.46 bits per heavy atom. The molecule has 0 atom stereocenters. The molecule has 298 valence electrons. The topological polar surface area (TPSA) is 9.23 Å². The van der Waals surface area contributed by atoms with Crippen LogP contribution in [0, 0.1) is 13.8 Å². The first-order chi connectivity index (χ1) is 25.9. The zero-order chi connectivity index (χ0) is 42.4. The van der Waals surface area contributed by atoms with E-state index in [4.69, 9.17) is 21.8 Å². The molecule has 0 saturated carbocycles. The molecule has 0 fully saturated rings. The van der Waals surface area contributed by atoms with E-state index in [0.29, 0.717) is 0 Å². The van der Waals surface area contributed by atoms with Gasteiger partial charge in [0.25, 0.3) is 0 Å². The first-order valence-electron chi connectivity index (χ1n) is 19.7. The summed E-state index contributed by atoms with van der Waals surface area (Å²) in [5.41, 5.74) is 13.5. The Labute approximate surface area is 362 Å². The maximum absolute atomic E-state index is 6.13. The fourth-order valence-corrected chi connectivity index (χ4v) is 6.97. The monoisotopic (exact) mass is 882 g/mol. The molecule has 0 aromatic heterocycles. The number of methoxy groups -OCH3 is 1. The van der Waals surface area contributed by atoms with Crippen LogP contribution in [0.25, 0.3) is 43.8 Å². The van der Waals surface area contributed by atoms with E-state index in [1.165, 1.54) is 77.2 Å². The Morgan fingerprint density at radius 1 is 0.554 bits per heavy atom. The average Bonchev–Trinajstić information content (AvgIpc) is 3.67. The molecular formula is C51H66Cl2OSiZr. The number of fused-ring (bicyclic) bond motifs is 2. The molecule has 56 heavy (non-hydrogen) atoms. The zero-order valence-electron chi connectivity index (χ0n) is 37.3. The van der Waals surface area contributed by atoms with Crippen molar-refractivity contribution in [2.45, 2.75) is 132 Å². The number of hydrogen-bond donors (Lipinski definition) is 0. The van der Waals surface area contributed by atoms with Crippen LogP contribution in [0.5, 0.6) is 5.75 Å². The van der Waals surface area contributed by atoms with E-state index in [2.05, 4.69) is 201 Å². The van der Waals surface area contributed by atoms with Crippen molar-refractivity contribution in [1.29, 1.82) is 0 Å². The van der Waals surface area contributed by atoms with Crippen molar-refractivity contribution < 1.29 is 25.6 Å². The SMILES string of the molecule is COc1c(C(C)(C)C)cc2[cH-]c(C)cc2c1-c1cc(C(C)(C)C)cc(C(C)(C)C)c1.C[Si]C.Cc1cc2c(-c3ccc(C(C)(C)C)cc3)cccc2[cH-]1.[Cl][Zr+2][Cl]. The third-order valence-electron chi connectivity index (χ3n) is 10.0. The summed E-state index contributed by atoms with van der Waals surface area (Å²) in [6, 6.07) is 34.2. The molecule has 6 rings (SSSR count). The summed E-state index contributed by atoms with van der Waals surface area (Å²) >= 11 is -0.826. The summed E-state index contributed by atoms with van der Waals surface area (Å²) in [5, 5.41) is 5.27. The molecule has 0 unspecified atom stereocenters. The third kappa shape index (κ3) is 12.3. The molecule has 0 aliphatic rings. The van der Waals surface area contributed by atoms with Crippen molar-refractivity contribution in [1.82, 2.24) is 0 Å². The standard InChI is InChI=1S/C29H39O.C20H21.C2H6Si.2ClH.Zr/c1-18-12-19-16-24(29(8,9)10)26(30-11)25(23(19)13-18)20-14-21(27(2,3)4)17-22(15-20)28(5,6)7;1-14-12-16-6-5-7-18(19(16)13-14)15-8-10-17(11-9-15)20(2,3)4;1-3-2;;;/h12-17H,1-11H3;5-13H,1-4H3;1-2H3;2*1H;/q2*-1;;;;+4/p-2. The number of rotatable bonds is 3. The van der Waals surface area contributed by atoms with Crippen LogP contribution in [0.1, 0.15) is 116 Å². The van der Waals surface area contributed by atoms with Crippen molar-refractivity contribution in [2.75, 3.05) is 7.11 Å². The van der Waals surface area contributed by atoms with Crippen LogP contribution in [-0.2, 0) is 42.5 Å². The van der Waals surface area contributed by atoms with E-state index >= 15 is 0 Å². The quantitative estimate of drug-likeness (QED) is 0.127. The molecule has 0 heterocycles. The molecule has 0 aliphatic heterocycles. The second kappa shape index (κ2) is 19.6. The first kappa shape index (κ1) is 48.0. The van der Waals surface area contributed by atoms with E-state index in [9.17, 15) is 0 Å². The van der Waals surface area contributed by atoms with Crippen LogP contribution >= 0.6 is 17.0 Å². The summed E-state index contributed by atoms with van der Waals surface area (Å²) in [6.45, 7) is 36.0. The molecule has 0 N–H and O–H groups in total. The number of ether oxygens (including phenoxy) is 1. The summed E-state index contributed by atoms with van der Waals surface area (Å²) < 4.78 is 6.13. The first-order valence-corrected chi connectivity index (χ1v) is 28.0. The Kier molecular flexibility index (Phi) is 16.7. The van der Waals surface area contributed by atoms with Gasteiger partial charge in [0.05, 0.1) is 7.11 Å². The van der Waals surface area contributed by atoms with E-state index in [-0.39, 0.29) is 21.7 Å². The van der Waals surface area contributed by atoms with Crippen LogP contribution in [0.2, 0.25) is 13.1 Å². The van der Waals surface area contributed by atoms with E-state index in [0.717, 1.165) is 15.3 Å². The molecular weight excluding hydrogens is 819 g/mol. The summed E-state index contributed by atoms with van der Waals surface area (Å²) in [4.78, 5) is 0. The maximum atomic E-state index is 6.13. The van der Waals surface area contributed by atoms with Crippen molar-refractivity contribution >= 4 is 48.1 Å². The fourth-order valence-electron chi connectivity index (χ4n) is 6.97. The fraction of sp³-hybridized carbons (Fsp3) is 0.412. The van der Waals surface area contributed by atoms with Gasteiger partial charge in [0.1, 0.15) is 5.75 Å². The van der Waals surface area contributed by atoms with Crippen LogP contribution < -0.4 is 4.74 Å². The van der Waals surface area contributed by atoms with Gasteiger partial charge in [-0.3, -0.25) is 0 Å². The van der Waals surface area contributed by atoms with Crippen LogP contribution in [0.4, 0.5) is 0 Å². The molecule has 2 radical (unpaired) electrons. The Balaban J connectivity index is 0.000000278. The molecule has 0 spiro atoms. The molecule has 6 aromatic carbocycles. The van der Waals surface area contributed by atoms with Gasteiger partial charge in [0.2, 0.25) is 0 Å². The van der Waals surface area contributed by atoms with Crippen molar-refractivity contribution in [2.24, 2.45) is 0 Å². The van der Waals surface area contributed by atoms with Gasteiger partial charge in [-0.25, -0.2) is 0 Å². The summed E-state index contributed by atoms with van der Waals surface area (Å²) in [6.07, 6.45) is 0. The van der Waals surface area contributed by atoms with Gasteiger partial charge in [-0.05, 0) is 60.6 Å². The van der Waals surface area contributed by atoms with Gasteiger partial charge < -0.3 is 4.74 Å². The summed E-state index contributed by atoms with van der Waals surface area (Å²) in [7, 11) is 12.8. The predicted molar refractivity (Wildman–Crippen MR) is 250 cm³/mol. The molecule has 5 heteroatoms. The number of benzene rings is 4. The predicted octanol–water partition coefficient (Wildman–Crippen LogP) is 16.4. The molecule has 0 amide bonds. The van der Waals surface area contributed by atoms with Crippen LogP contribution in [-0.4, -0.2) is 16.6 Å². The van der Waals surface area contributed by atoms with Gasteiger partial charge in [0, 0.05) is 9.52 Å². The minimum atomic E-state index is -0.826. The van der Waals surface area contributed by atoms with Gasteiger partial charge in [-0.1, -0.05) is 164 Å². The Hall–Kier alpha value is -2.42. The summed E-state index contributed by atoms with van der Waals surface area (Å²) in [5.74, 6) is 1.01.